The fourth-order valence-electron chi connectivity index (χ4n) is 5.42. The number of likely N-dealkylation sites (tertiary alicyclic amines) is 1. The summed E-state index contributed by atoms with van der Waals surface area (Å²) in [6, 6.07) is 14.2. The third kappa shape index (κ3) is 5.47. The number of alkyl halides is 3. The second-order valence-corrected chi connectivity index (χ2v) is 10.3. The fourth-order valence-corrected chi connectivity index (χ4v) is 5.42. The van der Waals surface area contributed by atoms with Gasteiger partial charge in [-0.1, -0.05) is 18.2 Å². The molecule has 1 fully saturated rings. The van der Waals surface area contributed by atoms with Gasteiger partial charge in [-0.25, -0.2) is 9.37 Å². The van der Waals surface area contributed by atoms with Crippen LogP contribution in [0.5, 0.6) is 0 Å². The van der Waals surface area contributed by atoms with Gasteiger partial charge in [0.1, 0.15) is 23.2 Å². The number of rotatable bonds is 6. The zero-order valence-electron chi connectivity index (χ0n) is 22.5. The van der Waals surface area contributed by atoms with Gasteiger partial charge in [0.05, 0.1) is 6.10 Å². The third-order valence-corrected chi connectivity index (χ3v) is 7.41. The van der Waals surface area contributed by atoms with Gasteiger partial charge in [-0.3, -0.25) is 4.90 Å². The van der Waals surface area contributed by atoms with Gasteiger partial charge in [-0.2, -0.15) is 13.2 Å². The van der Waals surface area contributed by atoms with Crippen LogP contribution in [0.15, 0.2) is 65.3 Å². The number of aryl methyl sites for hydroxylation is 1. The summed E-state index contributed by atoms with van der Waals surface area (Å²) in [6.07, 6.45) is -1.18. The summed E-state index contributed by atoms with van der Waals surface area (Å²) in [6.45, 7) is 1.80. The number of methoxy groups -OCH3 is 1. The van der Waals surface area contributed by atoms with Gasteiger partial charge in [-0.05, 0) is 72.5 Å². The molecule has 3 heterocycles. The van der Waals surface area contributed by atoms with Crippen LogP contribution in [0.1, 0.15) is 24.0 Å². The maximum Gasteiger partial charge on any atom is 0.420 e. The Hall–Kier alpha value is -4.09. The zero-order chi connectivity index (χ0) is 28.7. The smallest absolute Gasteiger partial charge is 0.420 e. The van der Waals surface area contributed by atoms with Crippen molar-refractivity contribution in [1.82, 2.24) is 24.6 Å². The molecule has 0 radical (unpaired) electrons. The molecule has 2 aromatic heterocycles. The Labute approximate surface area is 233 Å². The van der Waals surface area contributed by atoms with E-state index in [2.05, 4.69) is 20.1 Å². The van der Waals surface area contributed by atoms with E-state index in [0.29, 0.717) is 46.7 Å². The van der Waals surface area contributed by atoms with Crippen LogP contribution in [0.25, 0.3) is 45.1 Å². The lowest BCUT2D eigenvalue weighted by Gasteiger charge is -2.31. The molecule has 0 spiro atoms. The van der Waals surface area contributed by atoms with E-state index in [9.17, 15) is 17.6 Å². The second kappa shape index (κ2) is 10.7. The Kier molecular flexibility index (Phi) is 7.08. The lowest BCUT2D eigenvalue weighted by atomic mass is 9.97. The number of fused-ring (bicyclic) bond motifs is 1. The highest BCUT2D eigenvalue weighted by molar-refractivity contribution is 5.84. The number of benzene rings is 3. The zero-order valence-corrected chi connectivity index (χ0v) is 22.5. The molecule has 41 heavy (non-hydrogen) atoms. The van der Waals surface area contributed by atoms with Crippen LogP contribution >= 0.6 is 0 Å². The van der Waals surface area contributed by atoms with E-state index < -0.39 is 17.6 Å². The fraction of sp³-hybridized carbons (Fsp3) is 0.300. The molecular formula is C30H27F4N5O2. The molecule has 0 aliphatic carbocycles. The quantitative estimate of drug-likeness (QED) is 0.213. The molecule has 0 unspecified atom stereocenters. The molecule has 212 valence electrons. The van der Waals surface area contributed by atoms with E-state index in [0.717, 1.165) is 25.5 Å². The van der Waals surface area contributed by atoms with Gasteiger partial charge in [-0.15, -0.1) is 10.2 Å². The monoisotopic (exact) mass is 565 g/mol. The largest absolute Gasteiger partial charge is 0.435 e. The van der Waals surface area contributed by atoms with Crippen molar-refractivity contribution in [3.63, 3.8) is 0 Å². The van der Waals surface area contributed by atoms with Crippen LogP contribution in [-0.2, 0) is 24.5 Å². The molecule has 7 nitrogen and oxygen atoms in total. The third-order valence-electron chi connectivity index (χ3n) is 7.41. The van der Waals surface area contributed by atoms with E-state index >= 15 is 0 Å². The Morgan fingerprint density at radius 1 is 1.05 bits per heavy atom. The average molecular weight is 566 g/mol. The van der Waals surface area contributed by atoms with Crippen LogP contribution in [-0.4, -0.2) is 51.0 Å². The predicted octanol–water partition coefficient (Wildman–Crippen LogP) is 6.73. The summed E-state index contributed by atoms with van der Waals surface area (Å²) in [4.78, 5) is 6.58. The van der Waals surface area contributed by atoms with Crippen LogP contribution in [0.2, 0.25) is 0 Å². The number of aromatic nitrogens is 4. The van der Waals surface area contributed by atoms with Crippen molar-refractivity contribution in [2.75, 3.05) is 20.2 Å². The average Bonchev–Trinajstić information content (AvgIpc) is 3.58. The first-order chi connectivity index (χ1) is 19.7. The summed E-state index contributed by atoms with van der Waals surface area (Å²) in [5, 5.41) is 8.01. The number of oxazole rings is 1. The Morgan fingerprint density at radius 2 is 1.88 bits per heavy atom. The summed E-state index contributed by atoms with van der Waals surface area (Å²) in [5.74, 6) is 0.100. The topological polar surface area (TPSA) is 69.2 Å². The Morgan fingerprint density at radius 3 is 2.63 bits per heavy atom. The molecule has 11 heteroatoms. The minimum Gasteiger partial charge on any atom is -0.435 e. The van der Waals surface area contributed by atoms with Crippen molar-refractivity contribution in [2.24, 2.45) is 7.05 Å². The Balaban J connectivity index is 1.39. The van der Waals surface area contributed by atoms with Gasteiger partial charge in [0.15, 0.2) is 11.4 Å². The number of piperidine rings is 1. The number of hydrogen-bond donors (Lipinski definition) is 0. The van der Waals surface area contributed by atoms with Crippen molar-refractivity contribution >= 4 is 11.1 Å². The molecule has 5 aromatic rings. The van der Waals surface area contributed by atoms with E-state index in [-0.39, 0.29) is 23.1 Å². The molecule has 0 bridgehead atoms. The van der Waals surface area contributed by atoms with Gasteiger partial charge in [0, 0.05) is 38.4 Å². The SMILES string of the molecule is CO[C@@H]1CCCN(Cc2cc(C(F)(F)F)c3oc(-c4cccc(-c5ccc(F)cc5-c5nncn5C)c4)nc3c2)C1. The summed E-state index contributed by atoms with van der Waals surface area (Å²) in [5.41, 5.74) is 1.86. The first kappa shape index (κ1) is 27.1. The first-order valence-corrected chi connectivity index (χ1v) is 13.2. The van der Waals surface area contributed by atoms with E-state index in [4.69, 9.17) is 9.15 Å². The standard InChI is InChI=1S/C30H27F4N5O2/c1-38-17-35-37-28(38)24-14-21(31)8-9-23(24)19-5-3-6-20(13-19)29-36-26-12-18(11-25(27(26)41-29)30(32,33)34)15-39-10-4-7-22(16-39)40-2/h3,5-6,8-9,11-14,17,22H,4,7,10,15-16H2,1-2H3/t22-/m1/s1. The molecular weight excluding hydrogens is 538 g/mol. The highest BCUT2D eigenvalue weighted by Gasteiger charge is 2.36. The lowest BCUT2D eigenvalue weighted by Crippen LogP contribution is -2.38. The lowest BCUT2D eigenvalue weighted by molar-refractivity contribution is -0.136. The summed E-state index contributed by atoms with van der Waals surface area (Å²) in [7, 11) is 3.41. The number of nitrogens with zero attached hydrogens (tertiary/aromatic N) is 5. The van der Waals surface area contributed by atoms with Gasteiger partial charge < -0.3 is 13.7 Å². The minimum absolute atomic E-state index is 0.0595. The molecule has 0 amide bonds. The maximum absolute atomic E-state index is 14.2. The van der Waals surface area contributed by atoms with Crippen molar-refractivity contribution in [2.45, 2.75) is 31.7 Å². The van der Waals surface area contributed by atoms with Crippen LogP contribution in [0, 0.1) is 5.82 Å². The van der Waals surface area contributed by atoms with Crippen LogP contribution in [0.3, 0.4) is 0 Å². The van der Waals surface area contributed by atoms with Crippen molar-refractivity contribution in [3.8, 4) is 34.0 Å². The van der Waals surface area contributed by atoms with Crippen LogP contribution in [0.4, 0.5) is 17.6 Å². The highest BCUT2D eigenvalue weighted by atomic mass is 19.4. The van der Waals surface area contributed by atoms with E-state index in [1.54, 1.807) is 49.1 Å². The molecule has 6 rings (SSSR count). The Bertz CT molecular complexity index is 1710. The van der Waals surface area contributed by atoms with Crippen molar-refractivity contribution < 1.29 is 26.7 Å². The van der Waals surface area contributed by atoms with Crippen LogP contribution < -0.4 is 0 Å². The normalized spacial score (nSPS) is 16.5. The van der Waals surface area contributed by atoms with Crippen molar-refractivity contribution in [3.05, 3.63) is 77.9 Å². The van der Waals surface area contributed by atoms with E-state index in [1.165, 1.54) is 18.5 Å². The second-order valence-electron chi connectivity index (χ2n) is 10.3. The maximum atomic E-state index is 14.2. The van der Waals surface area contributed by atoms with E-state index in [1.807, 2.05) is 6.07 Å². The molecule has 0 saturated carbocycles. The number of hydrogen-bond acceptors (Lipinski definition) is 6. The molecule has 1 atom stereocenters. The molecule has 1 aliphatic rings. The van der Waals surface area contributed by atoms with Gasteiger partial charge in [0.25, 0.3) is 0 Å². The van der Waals surface area contributed by atoms with Gasteiger partial charge in [0.2, 0.25) is 5.89 Å². The highest BCUT2D eigenvalue weighted by Crippen LogP contribution is 2.39. The molecule has 3 aromatic carbocycles. The van der Waals surface area contributed by atoms with Crippen molar-refractivity contribution in [1.29, 1.82) is 0 Å². The number of halogens is 4. The van der Waals surface area contributed by atoms with Gasteiger partial charge >= 0.3 is 6.18 Å². The summed E-state index contributed by atoms with van der Waals surface area (Å²) >= 11 is 0. The minimum atomic E-state index is -4.62. The molecule has 1 saturated heterocycles. The summed E-state index contributed by atoms with van der Waals surface area (Å²) < 4.78 is 69.6. The molecule has 0 N–H and O–H groups in total. The molecule has 1 aliphatic heterocycles. The first-order valence-electron chi connectivity index (χ1n) is 13.2. The predicted molar refractivity (Wildman–Crippen MR) is 145 cm³/mol. The number of ether oxygens (including phenoxy) is 1.